The van der Waals surface area contributed by atoms with Gasteiger partial charge in [0.15, 0.2) is 0 Å². The van der Waals surface area contributed by atoms with Gasteiger partial charge in [-0.15, -0.1) is 0 Å². The number of rotatable bonds is 3. The topological polar surface area (TPSA) is 21.3 Å². The van der Waals surface area contributed by atoms with Crippen molar-refractivity contribution in [2.75, 3.05) is 13.2 Å². The Hall–Kier alpha value is -0.730. The Morgan fingerprint density at radius 2 is 2.40 bits per heavy atom. The number of ether oxygens (including phenoxy) is 1. The van der Waals surface area contributed by atoms with Crippen LogP contribution in [0.5, 0.6) is 5.75 Å². The Bertz CT molecular complexity index is 340. The summed E-state index contributed by atoms with van der Waals surface area (Å²) in [6.07, 6.45) is 2.19. The van der Waals surface area contributed by atoms with Gasteiger partial charge in [0.1, 0.15) is 5.75 Å². The van der Waals surface area contributed by atoms with Crippen LogP contribution in [-0.4, -0.2) is 13.2 Å². The summed E-state index contributed by atoms with van der Waals surface area (Å²) in [7, 11) is 0. The average Bonchev–Trinajstić information content (AvgIpc) is 2.25. The second-order valence-electron chi connectivity index (χ2n) is 3.83. The van der Waals surface area contributed by atoms with E-state index in [1.54, 1.807) is 0 Å². The highest BCUT2D eigenvalue weighted by Crippen LogP contribution is 2.33. The fourth-order valence-corrected chi connectivity index (χ4v) is 2.06. The maximum absolute atomic E-state index is 5.93. The fraction of sp³-hybridized carbons (Fsp3) is 0.500. The molecule has 1 N–H and O–H groups in total. The molecule has 0 amide bonds. The summed E-state index contributed by atoms with van der Waals surface area (Å²) in [6, 6.07) is 6.31. The van der Waals surface area contributed by atoms with E-state index in [1.807, 2.05) is 12.1 Å². The van der Waals surface area contributed by atoms with Gasteiger partial charge in [-0.25, -0.2) is 0 Å². The van der Waals surface area contributed by atoms with Crippen LogP contribution in [0.4, 0.5) is 0 Å². The molecule has 82 valence electrons. The fourth-order valence-electron chi connectivity index (χ4n) is 1.89. The third-order valence-corrected chi connectivity index (χ3v) is 2.89. The van der Waals surface area contributed by atoms with Crippen molar-refractivity contribution in [1.82, 2.24) is 5.32 Å². The summed E-state index contributed by atoms with van der Waals surface area (Å²) in [5, 5.41) is 4.26. The van der Waals surface area contributed by atoms with Gasteiger partial charge in [-0.1, -0.05) is 24.6 Å². The Morgan fingerprint density at radius 1 is 1.53 bits per heavy atom. The standard InChI is InChI=1S/C12H16ClNO/c1-2-6-14-11-5-7-15-12-8-9(13)3-4-10(11)12/h3-4,8,11,14H,2,5-7H2,1H3. The molecule has 1 aliphatic rings. The Morgan fingerprint density at radius 3 is 3.20 bits per heavy atom. The van der Waals surface area contributed by atoms with E-state index in [4.69, 9.17) is 16.3 Å². The van der Waals surface area contributed by atoms with Crippen LogP contribution in [0, 0.1) is 0 Å². The van der Waals surface area contributed by atoms with Gasteiger partial charge < -0.3 is 10.1 Å². The lowest BCUT2D eigenvalue weighted by Crippen LogP contribution is -2.27. The van der Waals surface area contributed by atoms with E-state index in [1.165, 1.54) is 5.56 Å². The van der Waals surface area contributed by atoms with Gasteiger partial charge >= 0.3 is 0 Å². The van der Waals surface area contributed by atoms with Gasteiger partial charge in [-0.2, -0.15) is 0 Å². The van der Waals surface area contributed by atoms with Crippen molar-refractivity contribution in [3.05, 3.63) is 28.8 Å². The molecule has 0 saturated heterocycles. The molecule has 1 unspecified atom stereocenters. The van der Waals surface area contributed by atoms with Crippen LogP contribution in [-0.2, 0) is 0 Å². The molecular formula is C12H16ClNO. The van der Waals surface area contributed by atoms with Crippen molar-refractivity contribution < 1.29 is 4.74 Å². The molecule has 1 atom stereocenters. The van der Waals surface area contributed by atoms with Crippen LogP contribution in [0.3, 0.4) is 0 Å². The molecule has 0 radical (unpaired) electrons. The van der Waals surface area contributed by atoms with Gasteiger partial charge in [0.25, 0.3) is 0 Å². The molecule has 0 fully saturated rings. The first kappa shape index (κ1) is 10.8. The molecule has 0 aliphatic carbocycles. The average molecular weight is 226 g/mol. The minimum Gasteiger partial charge on any atom is -0.493 e. The first-order valence-corrected chi connectivity index (χ1v) is 5.84. The molecule has 0 spiro atoms. The smallest absolute Gasteiger partial charge is 0.125 e. The lowest BCUT2D eigenvalue weighted by atomic mass is 10.0. The minimum atomic E-state index is 0.422. The molecule has 15 heavy (non-hydrogen) atoms. The third-order valence-electron chi connectivity index (χ3n) is 2.66. The molecule has 0 bridgehead atoms. The van der Waals surface area contributed by atoms with Crippen LogP contribution < -0.4 is 10.1 Å². The summed E-state index contributed by atoms with van der Waals surface area (Å²) in [4.78, 5) is 0. The summed E-state index contributed by atoms with van der Waals surface area (Å²) < 4.78 is 5.59. The molecule has 2 nitrogen and oxygen atoms in total. The molecule has 1 heterocycles. The van der Waals surface area contributed by atoms with E-state index < -0.39 is 0 Å². The highest BCUT2D eigenvalue weighted by molar-refractivity contribution is 6.30. The third kappa shape index (κ3) is 2.44. The number of halogens is 1. The molecule has 1 aromatic carbocycles. The molecular weight excluding hydrogens is 210 g/mol. The highest BCUT2D eigenvalue weighted by atomic mass is 35.5. The van der Waals surface area contributed by atoms with Crippen molar-refractivity contribution in [2.45, 2.75) is 25.8 Å². The van der Waals surface area contributed by atoms with Crippen LogP contribution >= 0.6 is 11.6 Å². The van der Waals surface area contributed by atoms with Gasteiger partial charge in [0, 0.05) is 23.0 Å². The van der Waals surface area contributed by atoms with E-state index in [0.29, 0.717) is 6.04 Å². The summed E-state index contributed by atoms with van der Waals surface area (Å²) in [6.45, 7) is 4.00. The predicted molar refractivity (Wildman–Crippen MR) is 62.6 cm³/mol. The van der Waals surface area contributed by atoms with Crippen LogP contribution in [0.2, 0.25) is 5.02 Å². The lowest BCUT2D eigenvalue weighted by Gasteiger charge is -2.26. The molecule has 2 rings (SSSR count). The van der Waals surface area contributed by atoms with E-state index in [-0.39, 0.29) is 0 Å². The minimum absolute atomic E-state index is 0.422. The summed E-state index contributed by atoms with van der Waals surface area (Å²) in [5.41, 5.74) is 1.24. The van der Waals surface area contributed by atoms with Crippen molar-refractivity contribution in [3.63, 3.8) is 0 Å². The zero-order valence-electron chi connectivity index (χ0n) is 8.92. The van der Waals surface area contributed by atoms with E-state index in [2.05, 4.69) is 18.3 Å². The van der Waals surface area contributed by atoms with Gasteiger partial charge in [-0.3, -0.25) is 0 Å². The lowest BCUT2D eigenvalue weighted by molar-refractivity contribution is 0.253. The molecule has 0 saturated carbocycles. The maximum atomic E-state index is 5.93. The first-order valence-electron chi connectivity index (χ1n) is 5.47. The highest BCUT2D eigenvalue weighted by Gasteiger charge is 2.20. The van der Waals surface area contributed by atoms with E-state index >= 15 is 0 Å². The van der Waals surface area contributed by atoms with Crippen molar-refractivity contribution in [1.29, 1.82) is 0 Å². The van der Waals surface area contributed by atoms with Crippen LogP contribution in [0.15, 0.2) is 18.2 Å². The zero-order chi connectivity index (χ0) is 10.7. The Labute approximate surface area is 95.6 Å². The van der Waals surface area contributed by atoms with Crippen molar-refractivity contribution >= 4 is 11.6 Å². The summed E-state index contributed by atoms with van der Waals surface area (Å²) in [5.74, 6) is 0.933. The predicted octanol–water partition coefficient (Wildman–Crippen LogP) is 3.16. The normalized spacial score (nSPS) is 19.5. The van der Waals surface area contributed by atoms with Crippen LogP contribution in [0.25, 0.3) is 0 Å². The number of hydrogen-bond acceptors (Lipinski definition) is 2. The molecule has 1 aliphatic heterocycles. The van der Waals surface area contributed by atoms with Crippen molar-refractivity contribution in [2.24, 2.45) is 0 Å². The Balaban J connectivity index is 2.18. The second-order valence-corrected chi connectivity index (χ2v) is 4.26. The quantitative estimate of drug-likeness (QED) is 0.853. The molecule has 3 heteroatoms. The van der Waals surface area contributed by atoms with Gasteiger partial charge in [0.05, 0.1) is 6.61 Å². The van der Waals surface area contributed by atoms with Crippen molar-refractivity contribution in [3.8, 4) is 5.75 Å². The van der Waals surface area contributed by atoms with Gasteiger partial charge in [-0.05, 0) is 25.1 Å². The second kappa shape index (κ2) is 4.86. The number of nitrogens with one attached hydrogen (secondary N) is 1. The molecule has 0 aromatic heterocycles. The number of fused-ring (bicyclic) bond motifs is 1. The van der Waals surface area contributed by atoms with Crippen LogP contribution in [0.1, 0.15) is 31.4 Å². The largest absolute Gasteiger partial charge is 0.493 e. The maximum Gasteiger partial charge on any atom is 0.125 e. The summed E-state index contributed by atoms with van der Waals surface area (Å²) >= 11 is 5.93. The zero-order valence-corrected chi connectivity index (χ0v) is 9.68. The monoisotopic (exact) mass is 225 g/mol. The van der Waals surface area contributed by atoms with E-state index in [0.717, 1.165) is 36.8 Å². The molecule has 1 aromatic rings. The SMILES string of the molecule is CCCNC1CCOc2cc(Cl)ccc21. The van der Waals surface area contributed by atoms with E-state index in [9.17, 15) is 0 Å². The number of hydrogen-bond donors (Lipinski definition) is 1. The number of benzene rings is 1. The Kier molecular flexibility index (Phi) is 3.49. The van der Waals surface area contributed by atoms with Gasteiger partial charge in [0.2, 0.25) is 0 Å². The first-order chi connectivity index (χ1) is 7.31.